The van der Waals surface area contributed by atoms with Gasteiger partial charge in [0.25, 0.3) is 0 Å². The number of nitrogens with two attached hydrogens (primary N) is 1. The van der Waals surface area contributed by atoms with E-state index in [0.29, 0.717) is 35.9 Å². The Morgan fingerprint density at radius 3 is 2.67 bits per heavy atom. The molecule has 1 heterocycles. The van der Waals surface area contributed by atoms with Gasteiger partial charge in [0.1, 0.15) is 0 Å². The van der Waals surface area contributed by atoms with Gasteiger partial charge in [0.2, 0.25) is 0 Å². The average Bonchev–Trinajstić information content (AvgIpc) is 3.34. The topological polar surface area (TPSA) is 72.2 Å². The van der Waals surface area contributed by atoms with E-state index in [0.717, 1.165) is 23.7 Å². The van der Waals surface area contributed by atoms with E-state index in [1.807, 2.05) is 12.5 Å². The lowest BCUT2D eigenvalue weighted by atomic mass is 9.44. The molecule has 3 N–H and O–H groups in total. The van der Waals surface area contributed by atoms with E-state index in [-0.39, 0.29) is 5.84 Å². The Hall–Kier alpha value is -1.29. The summed E-state index contributed by atoms with van der Waals surface area (Å²) >= 11 is 0. The van der Waals surface area contributed by atoms with Crippen molar-refractivity contribution in [3.05, 3.63) is 24.2 Å². The molecular formula is C26H40N2O2. The number of rotatable bonds is 5. The number of fused-ring (bicyclic) bond motifs is 5. The van der Waals surface area contributed by atoms with Crippen LogP contribution in [0.2, 0.25) is 0 Å². The molecule has 1 unspecified atom stereocenters. The van der Waals surface area contributed by atoms with Crippen molar-refractivity contribution in [2.45, 2.75) is 90.1 Å². The number of amidine groups is 1. The average molecular weight is 413 g/mol. The van der Waals surface area contributed by atoms with Gasteiger partial charge in [-0.2, -0.15) is 0 Å². The molecule has 1 aromatic rings. The number of nitrogens with one attached hydrogen (secondary N) is 1. The third kappa shape index (κ3) is 3.25. The Morgan fingerprint density at radius 1 is 1.10 bits per heavy atom. The Labute approximate surface area is 181 Å². The van der Waals surface area contributed by atoms with Crippen LogP contribution >= 0.6 is 0 Å². The van der Waals surface area contributed by atoms with E-state index in [1.54, 1.807) is 0 Å². The first-order chi connectivity index (χ1) is 14.4. The molecule has 4 heteroatoms. The zero-order chi connectivity index (χ0) is 20.9. The Bertz CT molecular complexity index is 761. The van der Waals surface area contributed by atoms with Gasteiger partial charge in [-0.25, -0.2) is 0 Å². The highest BCUT2D eigenvalue weighted by atomic mass is 16.5. The summed E-state index contributed by atoms with van der Waals surface area (Å²) in [6.45, 7) is 5.82. The van der Waals surface area contributed by atoms with Gasteiger partial charge in [0, 0.05) is 6.42 Å². The summed E-state index contributed by atoms with van der Waals surface area (Å²) in [5.41, 5.74) is 7.85. The smallest absolute Gasteiger partial charge is 0.0937 e. The van der Waals surface area contributed by atoms with Gasteiger partial charge in [-0.1, -0.05) is 13.8 Å². The lowest BCUT2D eigenvalue weighted by molar-refractivity contribution is -0.136. The zero-order valence-electron chi connectivity index (χ0n) is 18.9. The molecule has 4 aliphatic carbocycles. The summed E-state index contributed by atoms with van der Waals surface area (Å²) in [6.07, 6.45) is 16.9. The zero-order valence-corrected chi connectivity index (χ0v) is 18.9. The number of hydrogen-bond donors (Lipinski definition) is 2. The molecule has 4 fully saturated rings. The van der Waals surface area contributed by atoms with Crippen LogP contribution in [-0.2, 0) is 4.74 Å². The van der Waals surface area contributed by atoms with Crippen molar-refractivity contribution in [2.24, 2.45) is 40.2 Å². The molecular weight excluding hydrogens is 372 g/mol. The first kappa shape index (κ1) is 20.6. The molecule has 5 rings (SSSR count). The fourth-order valence-corrected chi connectivity index (χ4v) is 8.81. The van der Waals surface area contributed by atoms with Crippen LogP contribution in [0.5, 0.6) is 0 Å². The second-order valence-electron chi connectivity index (χ2n) is 11.4. The second kappa shape index (κ2) is 7.69. The molecule has 0 aliphatic heterocycles. The third-order valence-corrected chi connectivity index (χ3v) is 10.2. The summed E-state index contributed by atoms with van der Waals surface area (Å²) in [5, 5.41) is 7.46. The molecule has 8 atom stereocenters. The molecule has 0 amide bonds. The van der Waals surface area contributed by atoms with Crippen LogP contribution in [0.1, 0.15) is 89.5 Å². The fourth-order valence-electron chi connectivity index (χ4n) is 8.81. The first-order valence-corrected chi connectivity index (χ1v) is 12.4. The SMILES string of the molecule is C[C@]12CC(OCCC(=N)N)CC[C@H]1CC[C@H]1[C@H]3CC[C@H](c4ccoc4)[C@@]3(C)CC[C@@H]12. The monoisotopic (exact) mass is 412 g/mol. The lowest BCUT2D eigenvalue weighted by Crippen LogP contribution is -2.54. The molecule has 30 heavy (non-hydrogen) atoms. The predicted molar refractivity (Wildman–Crippen MR) is 119 cm³/mol. The minimum atomic E-state index is 0.243. The van der Waals surface area contributed by atoms with Crippen molar-refractivity contribution < 1.29 is 9.15 Å². The third-order valence-electron chi connectivity index (χ3n) is 10.2. The van der Waals surface area contributed by atoms with Crippen LogP contribution in [0.15, 0.2) is 23.0 Å². The van der Waals surface area contributed by atoms with E-state index in [4.69, 9.17) is 20.3 Å². The molecule has 4 saturated carbocycles. The van der Waals surface area contributed by atoms with Crippen LogP contribution in [0.3, 0.4) is 0 Å². The van der Waals surface area contributed by atoms with Crippen molar-refractivity contribution >= 4 is 5.84 Å². The maximum atomic E-state index is 7.46. The number of ether oxygens (including phenoxy) is 1. The highest BCUT2D eigenvalue weighted by Gasteiger charge is 2.60. The summed E-state index contributed by atoms with van der Waals surface area (Å²) in [4.78, 5) is 0. The van der Waals surface area contributed by atoms with Crippen LogP contribution in [0.25, 0.3) is 0 Å². The first-order valence-electron chi connectivity index (χ1n) is 12.4. The summed E-state index contributed by atoms with van der Waals surface area (Å²) in [5.74, 6) is 4.42. The molecule has 166 valence electrons. The Balaban J connectivity index is 1.33. The van der Waals surface area contributed by atoms with E-state index in [1.165, 1.54) is 63.4 Å². The van der Waals surface area contributed by atoms with E-state index >= 15 is 0 Å². The molecule has 0 spiro atoms. The van der Waals surface area contributed by atoms with Crippen molar-refractivity contribution in [3.63, 3.8) is 0 Å². The second-order valence-corrected chi connectivity index (χ2v) is 11.4. The van der Waals surface area contributed by atoms with Crippen LogP contribution < -0.4 is 5.73 Å². The summed E-state index contributed by atoms with van der Waals surface area (Å²) < 4.78 is 11.7. The standard InChI is InChI=1S/C26H40N2O2/c1-25-12-9-23-20(22(25)8-7-21(25)17-10-13-29-16-17)6-4-18-3-5-19(15-26(18,23)2)30-14-11-24(27)28/h10,13,16,18-23H,3-9,11-12,14-15H2,1-2H3,(H3,27,28)/t18-,19?,20-,21+,22+,23-,25+,26-/m0/s1. The molecule has 0 aromatic carbocycles. The minimum Gasteiger partial charge on any atom is -0.472 e. The Kier molecular flexibility index (Phi) is 5.28. The quantitative estimate of drug-likeness (QED) is 0.452. The van der Waals surface area contributed by atoms with Gasteiger partial charge in [-0.15, -0.1) is 0 Å². The van der Waals surface area contributed by atoms with E-state index < -0.39 is 0 Å². The maximum Gasteiger partial charge on any atom is 0.0937 e. The highest BCUT2D eigenvalue weighted by Crippen LogP contribution is 2.69. The summed E-state index contributed by atoms with van der Waals surface area (Å²) in [6, 6.07) is 2.21. The van der Waals surface area contributed by atoms with Gasteiger partial charge in [-0.3, -0.25) is 5.41 Å². The Morgan fingerprint density at radius 2 is 1.90 bits per heavy atom. The van der Waals surface area contributed by atoms with Crippen LogP contribution in [0.4, 0.5) is 0 Å². The van der Waals surface area contributed by atoms with Crippen molar-refractivity contribution in [3.8, 4) is 0 Å². The normalized spacial score (nSPS) is 45.4. The summed E-state index contributed by atoms with van der Waals surface area (Å²) in [7, 11) is 0. The van der Waals surface area contributed by atoms with Crippen molar-refractivity contribution in [1.82, 2.24) is 0 Å². The molecule has 0 bridgehead atoms. The maximum absolute atomic E-state index is 7.46. The molecule has 0 saturated heterocycles. The van der Waals surface area contributed by atoms with Gasteiger partial charge in [-0.05, 0) is 110 Å². The van der Waals surface area contributed by atoms with Gasteiger partial charge in [0.15, 0.2) is 0 Å². The fraction of sp³-hybridized carbons (Fsp3) is 0.808. The molecule has 4 aliphatic rings. The minimum absolute atomic E-state index is 0.243. The van der Waals surface area contributed by atoms with Crippen LogP contribution in [0, 0.1) is 39.9 Å². The molecule has 1 aromatic heterocycles. The number of furan rings is 1. The highest BCUT2D eigenvalue weighted by molar-refractivity contribution is 5.76. The van der Waals surface area contributed by atoms with E-state index in [2.05, 4.69) is 19.9 Å². The van der Waals surface area contributed by atoms with E-state index in [9.17, 15) is 0 Å². The molecule has 4 nitrogen and oxygen atoms in total. The van der Waals surface area contributed by atoms with Gasteiger partial charge in [0.05, 0.1) is 31.1 Å². The van der Waals surface area contributed by atoms with Gasteiger partial charge < -0.3 is 14.9 Å². The lowest BCUT2D eigenvalue weighted by Gasteiger charge is -2.61. The van der Waals surface area contributed by atoms with Crippen LogP contribution in [-0.4, -0.2) is 18.5 Å². The van der Waals surface area contributed by atoms with Crippen molar-refractivity contribution in [1.29, 1.82) is 5.41 Å². The number of hydrogen-bond acceptors (Lipinski definition) is 3. The predicted octanol–water partition coefficient (Wildman–Crippen LogP) is 6.12. The van der Waals surface area contributed by atoms with Crippen molar-refractivity contribution in [2.75, 3.05) is 6.61 Å². The molecule has 0 radical (unpaired) electrons. The van der Waals surface area contributed by atoms with Gasteiger partial charge >= 0.3 is 0 Å². The largest absolute Gasteiger partial charge is 0.472 e.